The lowest BCUT2D eigenvalue weighted by atomic mass is 9.91. The van der Waals surface area contributed by atoms with Crippen LogP contribution in [0.4, 0.5) is 45.5 Å². The average molecular weight is 2050 g/mol. The fourth-order valence-corrected chi connectivity index (χ4v) is 20.6. The maximum atomic E-state index is 14.0. The predicted octanol–water partition coefficient (Wildman–Crippen LogP) is 29.8. The van der Waals surface area contributed by atoms with E-state index < -0.39 is 0 Å². The van der Waals surface area contributed by atoms with E-state index in [0.29, 0.717) is 23.3 Å². The molecule has 4 aliphatic rings. The fraction of sp³-hybridized carbons (Fsp3) is 0.619. The molecule has 0 fully saturated rings. The summed E-state index contributed by atoms with van der Waals surface area (Å²) in [5, 5.41) is 19.6. The monoisotopic (exact) mass is 2050 g/mol. The summed E-state index contributed by atoms with van der Waals surface area (Å²) in [6.45, 7) is 68.5. The van der Waals surface area contributed by atoms with Crippen LogP contribution in [-0.2, 0) is 51.4 Å². The van der Waals surface area contributed by atoms with Crippen molar-refractivity contribution in [2.24, 2.45) is 64.0 Å². The third-order valence-electron chi connectivity index (χ3n) is 30.4. The molecular weight excluding hydrogens is 1860 g/mol. The molecule has 3 unspecified atom stereocenters. The van der Waals surface area contributed by atoms with Crippen LogP contribution in [0.1, 0.15) is 449 Å². The van der Waals surface area contributed by atoms with Gasteiger partial charge in [-0.1, -0.05) is 226 Å². The Labute approximate surface area is 903 Å². The fourth-order valence-electron chi connectivity index (χ4n) is 20.6. The van der Waals surface area contributed by atoms with Gasteiger partial charge in [0.2, 0.25) is 0 Å². The molecule has 0 bridgehead atoms. The Morgan fingerprint density at radius 1 is 0.260 bits per heavy atom. The first kappa shape index (κ1) is 122. The van der Waals surface area contributed by atoms with Crippen molar-refractivity contribution in [3.63, 3.8) is 0 Å². The molecule has 0 saturated heterocycles. The van der Waals surface area contributed by atoms with E-state index in [4.69, 9.17) is 60.3 Å². The summed E-state index contributed by atoms with van der Waals surface area (Å²) in [4.78, 5) is 106. The van der Waals surface area contributed by atoms with E-state index >= 15 is 0 Å². The van der Waals surface area contributed by atoms with E-state index in [0.717, 1.165) is 413 Å². The van der Waals surface area contributed by atoms with E-state index in [2.05, 4.69) is 286 Å². The zero-order valence-electron chi connectivity index (χ0n) is 98.3. The number of benzene rings is 4. The lowest BCUT2D eigenvalue weighted by Gasteiger charge is -2.22. The molecule has 24 heteroatoms. The van der Waals surface area contributed by atoms with Gasteiger partial charge in [0.05, 0.1) is 68.4 Å². The first-order valence-corrected chi connectivity index (χ1v) is 59.4. The van der Waals surface area contributed by atoms with Gasteiger partial charge in [-0.3, -0.25) is 19.2 Å². The van der Waals surface area contributed by atoms with E-state index in [-0.39, 0.29) is 45.9 Å². The number of aliphatic imine (C=N–C) groups is 4. The van der Waals surface area contributed by atoms with Crippen LogP contribution in [0.25, 0.3) is 0 Å². The second-order valence-corrected chi connectivity index (χ2v) is 41.8. The van der Waals surface area contributed by atoms with Gasteiger partial charge >= 0.3 is 0 Å². The maximum Gasteiger partial charge on any atom is 0.277 e. The van der Waals surface area contributed by atoms with Crippen LogP contribution in [0.2, 0.25) is 0 Å². The van der Waals surface area contributed by atoms with Gasteiger partial charge in [-0.15, -0.1) is 0 Å². The minimum atomic E-state index is -0.0264. The van der Waals surface area contributed by atoms with Crippen molar-refractivity contribution in [1.82, 2.24) is 38.6 Å². The van der Waals surface area contributed by atoms with Crippen molar-refractivity contribution in [1.29, 1.82) is 0 Å². The van der Waals surface area contributed by atoms with Crippen molar-refractivity contribution >= 4 is 91.2 Å². The third kappa shape index (κ3) is 31.4. The summed E-state index contributed by atoms with van der Waals surface area (Å²) in [6, 6.07) is 25.8. The second-order valence-electron chi connectivity index (χ2n) is 41.8. The Bertz CT molecular complexity index is 6210. The quantitative estimate of drug-likeness (QED) is 0.0323. The van der Waals surface area contributed by atoms with Gasteiger partial charge in [-0.2, -0.15) is 39.1 Å². The van der Waals surface area contributed by atoms with Gasteiger partial charge < -0.3 is 19.6 Å². The minimum absolute atomic E-state index is 0.00148. The van der Waals surface area contributed by atoms with Crippen LogP contribution in [0.3, 0.4) is 0 Å². The lowest BCUT2D eigenvalue weighted by molar-refractivity contribution is 0.568. The molecule has 0 spiro atoms. The van der Waals surface area contributed by atoms with Gasteiger partial charge in [-0.05, 0) is 312 Å². The molecule has 0 aliphatic carbocycles. The molecule has 0 amide bonds. The van der Waals surface area contributed by atoms with E-state index in [1.807, 2.05) is 0 Å². The van der Waals surface area contributed by atoms with Crippen molar-refractivity contribution in [2.75, 3.05) is 72.0 Å². The molecule has 24 nitrogen and oxygen atoms in total. The largest absolute Gasteiger partial charge is 0.372 e. The molecule has 8 aromatic rings. The first-order chi connectivity index (χ1) is 72.6. The predicted molar refractivity (Wildman–Crippen MR) is 642 cm³/mol. The lowest BCUT2D eigenvalue weighted by Crippen LogP contribution is -2.28. The zero-order valence-corrected chi connectivity index (χ0v) is 98.3. The molecule has 820 valence electrons. The van der Waals surface area contributed by atoms with E-state index in [9.17, 15) is 19.2 Å². The van der Waals surface area contributed by atoms with Gasteiger partial charge in [0.15, 0.2) is 23.3 Å². The van der Waals surface area contributed by atoms with Gasteiger partial charge in [0.1, 0.15) is 22.8 Å². The van der Waals surface area contributed by atoms with E-state index in [1.54, 1.807) is 14.0 Å². The van der Waals surface area contributed by atoms with E-state index in [1.165, 1.54) is 46.7 Å². The maximum absolute atomic E-state index is 14.0. The number of nitrogens with zero attached hydrogens (tertiary/aromatic N) is 20. The standard InChI is InChI=1S/C34H53N5O.C33H51N5O.C31H47N5O.C28H41N5O/c1-8-14-16-17-18-21-28-30(19-10-3)36-33-32(31(37-39(33)34(28)40)26(11-4)20-15-9-2)35-29-23-22-27(24-25(29)7)38(12-5)13-6;1-8-14-17-20-29-27(19-16-10-3)33(39)38-32(35-29)31(30(36-38)25(11-4)18-15-9-2)34-28-22-21-26(23-24(28)7)37(12-5)13-6;1-8-13-15-17-25-27(18-16-14-9-2)33-30-29(28(22(6)10-3)34-36(30)31(25)37)32-26-20-19-24(21-23(26)7)35(11-4)12-5;1-8-12-14-22-24(15-13-9-2)30-27-26(25(19(5)6)31-33(27)28(22)34)29-23-17-16-21(18-20(23)7)32(10-3)11-4/h22-24,26H,8-21H2,1-7H3;21-23,25H,8-20H2,1-7H3;19-22H,8-18H2,1-7H3;16-19H,8-15H2,1-7H3. The average Bonchev–Trinajstić information content (AvgIpc) is 1.62. The Balaban J connectivity index is 0.000000222. The molecule has 150 heavy (non-hydrogen) atoms. The van der Waals surface area contributed by atoms with Crippen LogP contribution < -0.4 is 41.8 Å². The molecule has 0 N–H and O–H groups in total. The van der Waals surface area contributed by atoms with Crippen LogP contribution in [0.15, 0.2) is 132 Å². The van der Waals surface area contributed by atoms with Crippen LogP contribution in [-0.4, -0.2) is 137 Å². The number of rotatable bonds is 58. The number of hydrogen-bond acceptors (Lipinski definition) is 20. The number of unbranched alkanes of at least 4 members (excludes halogenated alkanes) is 15. The van der Waals surface area contributed by atoms with Crippen LogP contribution >= 0.6 is 0 Å². The summed E-state index contributed by atoms with van der Waals surface area (Å²) in [7, 11) is 0. The Hall–Kier alpha value is -11.0. The number of aromatic nitrogens is 8. The molecule has 4 aromatic carbocycles. The Morgan fingerprint density at radius 2 is 0.500 bits per heavy atom. The number of fused-ring (bicyclic) bond motifs is 4. The molecule has 4 aromatic heterocycles. The molecule has 8 heterocycles. The van der Waals surface area contributed by atoms with Crippen molar-refractivity contribution in [3.8, 4) is 0 Å². The molecule has 4 aliphatic heterocycles. The minimum Gasteiger partial charge on any atom is -0.372 e. The number of aryl methyl sites for hydroxylation is 8. The molecule has 12 rings (SSSR count). The van der Waals surface area contributed by atoms with Crippen LogP contribution in [0, 0.1) is 51.4 Å². The number of anilines is 4. The van der Waals surface area contributed by atoms with Crippen molar-refractivity contribution < 1.29 is 0 Å². The highest BCUT2D eigenvalue weighted by atomic mass is 16.2. The topological polar surface area (TPSA) is 251 Å². The molecular formula is C126H192N20O4. The SMILES string of the molecule is CCCCCCCc1c(CCC)nc2n(c1=O)N=C(C(CC)CCCC)C2=Nc1ccc(N(CC)CC)cc1C.CCCCCc1nc2n(c(=O)c1CCCC)N=C(C(CC)CCCC)C2=Nc1ccc(N(CC)CC)cc1C.CCCCCc1nc2n(c(=O)c1CCCCC)N=C(C(C)CC)C2=Nc1ccc(N(CC)CC)cc1C.CCCCc1nc2n(c(=O)c1CCCC)N=C(C(C)C)C2=Nc1ccc(N(CC)CC)cc1C. The first-order valence-electron chi connectivity index (χ1n) is 59.4. The Kier molecular flexibility index (Phi) is 51.3. The molecule has 3 atom stereocenters. The summed E-state index contributed by atoms with van der Waals surface area (Å²) < 4.78 is 6.22. The summed E-state index contributed by atoms with van der Waals surface area (Å²) in [5.41, 5.74) is 26.6. The summed E-state index contributed by atoms with van der Waals surface area (Å²) in [5.74, 6) is 3.27. The third-order valence-corrected chi connectivity index (χ3v) is 30.4. The highest BCUT2D eigenvalue weighted by Crippen LogP contribution is 2.37. The number of hydrogen-bond donors (Lipinski definition) is 0. The summed E-state index contributed by atoms with van der Waals surface area (Å²) >= 11 is 0. The molecule has 0 saturated carbocycles. The van der Waals surface area contributed by atoms with Crippen molar-refractivity contribution in [3.05, 3.63) is 205 Å². The second kappa shape index (κ2) is 62.8. The van der Waals surface area contributed by atoms with Crippen LogP contribution in [0.5, 0.6) is 0 Å². The van der Waals surface area contributed by atoms with Crippen molar-refractivity contribution in [2.45, 2.75) is 438 Å². The normalized spacial score (nSPS) is 14.5. The molecule has 0 radical (unpaired) electrons. The van der Waals surface area contributed by atoms with Gasteiger partial charge in [0, 0.05) is 115 Å². The summed E-state index contributed by atoms with van der Waals surface area (Å²) in [6.07, 6.45) is 38.7. The van der Waals surface area contributed by atoms with Gasteiger partial charge in [0.25, 0.3) is 22.2 Å². The smallest absolute Gasteiger partial charge is 0.277 e. The van der Waals surface area contributed by atoms with Gasteiger partial charge in [-0.25, -0.2) is 39.9 Å². The Morgan fingerprint density at radius 3 is 0.773 bits per heavy atom. The zero-order chi connectivity index (χ0) is 109. The highest BCUT2D eigenvalue weighted by Gasteiger charge is 2.38. The highest BCUT2D eigenvalue weighted by molar-refractivity contribution is 6.51.